The smallest absolute Gasteiger partial charge is 0.110 e. The van der Waals surface area contributed by atoms with E-state index >= 15 is 0 Å². The van der Waals surface area contributed by atoms with Crippen LogP contribution >= 0.6 is 0 Å². The third-order valence-electron chi connectivity index (χ3n) is 3.71. The molecule has 0 saturated carbocycles. The fourth-order valence-electron chi connectivity index (χ4n) is 2.49. The Kier molecular flexibility index (Phi) is 6.02. The van der Waals surface area contributed by atoms with Gasteiger partial charge in [-0.1, -0.05) is 25.0 Å². The minimum absolute atomic E-state index is 0.820. The number of rotatable bonds is 9. The summed E-state index contributed by atoms with van der Waals surface area (Å²) >= 11 is 0. The number of hydrogen-bond donors (Lipinski definition) is 2. The fraction of sp³-hybridized carbons (Fsp3) is 0.562. The first-order valence-corrected chi connectivity index (χ1v) is 7.64. The van der Waals surface area contributed by atoms with Crippen LogP contribution in [0.3, 0.4) is 0 Å². The van der Waals surface area contributed by atoms with Gasteiger partial charge in [0.25, 0.3) is 0 Å². The molecule has 0 bridgehead atoms. The summed E-state index contributed by atoms with van der Waals surface area (Å²) in [5.41, 5.74) is 7.78. The van der Waals surface area contributed by atoms with Gasteiger partial charge in [0.1, 0.15) is 5.82 Å². The average Bonchev–Trinajstić information content (AvgIpc) is 2.79. The van der Waals surface area contributed by atoms with Crippen LogP contribution in [0.25, 0.3) is 11.0 Å². The third-order valence-corrected chi connectivity index (χ3v) is 3.71. The normalized spacial score (nSPS) is 11.3. The number of nitrogens with two attached hydrogens (primary N) is 1. The van der Waals surface area contributed by atoms with Gasteiger partial charge in [-0.2, -0.15) is 0 Å². The molecule has 0 spiro atoms. The molecule has 0 radical (unpaired) electrons. The van der Waals surface area contributed by atoms with Crippen LogP contribution < -0.4 is 11.1 Å². The summed E-state index contributed by atoms with van der Waals surface area (Å²) in [7, 11) is 2.09. The molecule has 0 amide bonds. The molecule has 0 saturated heterocycles. The van der Waals surface area contributed by atoms with E-state index in [1.54, 1.807) is 0 Å². The van der Waals surface area contributed by atoms with E-state index in [0.29, 0.717) is 0 Å². The standard InChI is InChI=1S/C16H26N4/c1-20-15-9-5-4-8-14(15)19-16(20)10-13-18-12-7-3-2-6-11-17/h4-5,8-9,18H,2-3,6-7,10-13,17H2,1H3. The molecule has 2 rings (SSSR count). The van der Waals surface area contributed by atoms with E-state index in [9.17, 15) is 0 Å². The van der Waals surface area contributed by atoms with Crippen molar-refractivity contribution in [3.05, 3.63) is 30.1 Å². The number of aromatic nitrogens is 2. The Morgan fingerprint density at radius 1 is 1.10 bits per heavy atom. The van der Waals surface area contributed by atoms with Crippen LogP contribution in [0.2, 0.25) is 0 Å². The molecule has 1 aromatic carbocycles. The van der Waals surface area contributed by atoms with Gasteiger partial charge in [0.15, 0.2) is 0 Å². The summed E-state index contributed by atoms with van der Waals surface area (Å²) in [6.45, 7) is 2.91. The van der Waals surface area contributed by atoms with Gasteiger partial charge in [-0.15, -0.1) is 0 Å². The van der Waals surface area contributed by atoms with Crippen molar-refractivity contribution >= 4 is 11.0 Å². The van der Waals surface area contributed by atoms with Crippen molar-refractivity contribution in [3.63, 3.8) is 0 Å². The van der Waals surface area contributed by atoms with Crippen LogP contribution in [-0.2, 0) is 13.5 Å². The molecule has 4 nitrogen and oxygen atoms in total. The number of nitrogens with one attached hydrogen (secondary N) is 1. The third kappa shape index (κ3) is 4.05. The largest absolute Gasteiger partial charge is 0.331 e. The number of fused-ring (bicyclic) bond motifs is 1. The Labute approximate surface area is 121 Å². The number of benzene rings is 1. The van der Waals surface area contributed by atoms with Gasteiger partial charge in [0.05, 0.1) is 11.0 Å². The topological polar surface area (TPSA) is 55.9 Å². The van der Waals surface area contributed by atoms with Crippen LogP contribution in [0.5, 0.6) is 0 Å². The molecule has 1 heterocycles. The van der Waals surface area contributed by atoms with Crippen LogP contribution in [0, 0.1) is 0 Å². The van der Waals surface area contributed by atoms with E-state index < -0.39 is 0 Å². The minimum Gasteiger partial charge on any atom is -0.331 e. The predicted molar refractivity (Wildman–Crippen MR) is 84.8 cm³/mol. The highest BCUT2D eigenvalue weighted by atomic mass is 15.1. The zero-order valence-electron chi connectivity index (χ0n) is 12.4. The van der Waals surface area contributed by atoms with Crippen LogP contribution in [0.4, 0.5) is 0 Å². The molecule has 3 N–H and O–H groups in total. The maximum Gasteiger partial charge on any atom is 0.110 e. The van der Waals surface area contributed by atoms with Crippen LogP contribution in [-0.4, -0.2) is 29.2 Å². The Bertz CT molecular complexity index is 518. The summed E-state index contributed by atoms with van der Waals surface area (Å²) < 4.78 is 2.19. The first kappa shape index (κ1) is 15.0. The lowest BCUT2D eigenvalue weighted by atomic mass is 10.2. The number of unbranched alkanes of at least 4 members (excludes halogenated alkanes) is 3. The highest BCUT2D eigenvalue weighted by molar-refractivity contribution is 5.75. The number of imidazole rings is 1. The van der Waals surface area contributed by atoms with E-state index in [1.165, 1.54) is 24.8 Å². The number of nitrogens with zero attached hydrogens (tertiary/aromatic N) is 2. The Morgan fingerprint density at radius 3 is 2.70 bits per heavy atom. The molecule has 110 valence electrons. The monoisotopic (exact) mass is 274 g/mol. The molecule has 0 atom stereocenters. The van der Waals surface area contributed by atoms with Gasteiger partial charge in [-0.3, -0.25) is 0 Å². The lowest BCUT2D eigenvalue weighted by Gasteiger charge is -2.05. The van der Waals surface area contributed by atoms with E-state index in [0.717, 1.165) is 43.8 Å². The highest BCUT2D eigenvalue weighted by Gasteiger charge is 2.05. The molecule has 20 heavy (non-hydrogen) atoms. The minimum atomic E-state index is 0.820. The summed E-state index contributed by atoms with van der Waals surface area (Å²) in [6.07, 6.45) is 5.90. The van der Waals surface area contributed by atoms with Crippen molar-refractivity contribution in [1.29, 1.82) is 0 Å². The van der Waals surface area contributed by atoms with E-state index in [4.69, 9.17) is 5.73 Å². The van der Waals surface area contributed by atoms with E-state index in [-0.39, 0.29) is 0 Å². The quantitative estimate of drug-likeness (QED) is 0.689. The van der Waals surface area contributed by atoms with Gasteiger partial charge in [0, 0.05) is 20.0 Å². The Balaban J connectivity index is 1.69. The van der Waals surface area contributed by atoms with Gasteiger partial charge in [-0.25, -0.2) is 4.98 Å². The average molecular weight is 274 g/mol. The number of aryl methyl sites for hydroxylation is 1. The van der Waals surface area contributed by atoms with Crippen molar-refractivity contribution < 1.29 is 0 Å². The highest BCUT2D eigenvalue weighted by Crippen LogP contribution is 2.14. The molecule has 0 aliphatic heterocycles. The SMILES string of the molecule is Cn1c(CCNCCCCCCN)nc2ccccc21. The molecular weight excluding hydrogens is 248 g/mol. The first-order chi connectivity index (χ1) is 9.83. The molecule has 0 fully saturated rings. The summed E-state index contributed by atoms with van der Waals surface area (Å²) in [5.74, 6) is 1.15. The van der Waals surface area contributed by atoms with Gasteiger partial charge in [0.2, 0.25) is 0 Å². The van der Waals surface area contributed by atoms with Crippen molar-refractivity contribution in [2.24, 2.45) is 12.8 Å². The molecule has 0 aliphatic rings. The Hall–Kier alpha value is -1.39. The van der Waals surface area contributed by atoms with E-state index in [1.807, 2.05) is 6.07 Å². The zero-order valence-corrected chi connectivity index (χ0v) is 12.4. The Morgan fingerprint density at radius 2 is 1.90 bits per heavy atom. The maximum absolute atomic E-state index is 5.48. The van der Waals surface area contributed by atoms with Crippen molar-refractivity contribution in [3.8, 4) is 0 Å². The molecule has 0 unspecified atom stereocenters. The van der Waals surface area contributed by atoms with Crippen LogP contribution in [0.15, 0.2) is 24.3 Å². The predicted octanol–water partition coefficient (Wildman–Crippen LogP) is 2.22. The summed E-state index contributed by atoms with van der Waals surface area (Å²) in [5, 5.41) is 3.50. The first-order valence-electron chi connectivity index (χ1n) is 7.64. The van der Waals surface area contributed by atoms with Gasteiger partial charge >= 0.3 is 0 Å². The molecule has 4 heteroatoms. The van der Waals surface area contributed by atoms with E-state index in [2.05, 4.69) is 40.1 Å². The number of hydrogen-bond acceptors (Lipinski definition) is 3. The second-order valence-corrected chi connectivity index (χ2v) is 5.28. The van der Waals surface area contributed by atoms with Gasteiger partial charge < -0.3 is 15.6 Å². The van der Waals surface area contributed by atoms with Crippen molar-refractivity contribution in [2.45, 2.75) is 32.1 Å². The molecule has 0 aliphatic carbocycles. The fourth-order valence-corrected chi connectivity index (χ4v) is 2.49. The maximum atomic E-state index is 5.48. The summed E-state index contributed by atoms with van der Waals surface area (Å²) in [6, 6.07) is 8.30. The van der Waals surface area contributed by atoms with Gasteiger partial charge in [-0.05, 0) is 38.1 Å². The molecular formula is C16H26N4. The zero-order chi connectivity index (χ0) is 14.2. The molecule has 1 aromatic heterocycles. The lowest BCUT2D eigenvalue weighted by Crippen LogP contribution is -2.19. The van der Waals surface area contributed by atoms with Crippen molar-refractivity contribution in [1.82, 2.24) is 14.9 Å². The lowest BCUT2D eigenvalue weighted by molar-refractivity contribution is 0.584. The summed E-state index contributed by atoms with van der Waals surface area (Å²) in [4.78, 5) is 4.68. The van der Waals surface area contributed by atoms with Crippen molar-refractivity contribution in [2.75, 3.05) is 19.6 Å². The molecule has 2 aromatic rings. The number of para-hydroxylation sites is 2. The second kappa shape index (κ2) is 8.02. The van der Waals surface area contributed by atoms with Crippen LogP contribution in [0.1, 0.15) is 31.5 Å². The second-order valence-electron chi connectivity index (χ2n) is 5.28.